The molecule has 0 radical (unpaired) electrons. The minimum Gasteiger partial charge on any atom is -0.497 e. The fourth-order valence-electron chi connectivity index (χ4n) is 3.26. The van der Waals surface area contributed by atoms with Gasteiger partial charge in [-0.05, 0) is 42.2 Å². The van der Waals surface area contributed by atoms with E-state index in [0.29, 0.717) is 18.4 Å². The van der Waals surface area contributed by atoms with E-state index in [-0.39, 0.29) is 13.2 Å². The van der Waals surface area contributed by atoms with Crippen molar-refractivity contribution in [2.45, 2.75) is 25.1 Å². The molecule has 4 nitrogen and oxygen atoms in total. The highest BCUT2D eigenvalue weighted by molar-refractivity contribution is 5.95. The Kier molecular flexibility index (Phi) is 6.24. The number of hydrogen-bond donors (Lipinski definition) is 0. The topological polar surface area (TPSA) is 38.8 Å². The van der Waals surface area contributed by atoms with Crippen LogP contribution in [0.25, 0.3) is 0 Å². The summed E-state index contributed by atoms with van der Waals surface area (Å²) >= 11 is 0. The fraction of sp³-hybridized carbons (Fsp3) is 0.381. The van der Waals surface area contributed by atoms with Crippen molar-refractivity contribution in [1.82, 2.24) is 4.90 Å². The minimum atomic E-state index is -4.48. The van der Waals surface area contributed by atoms with E-state index < -0.39 is 24.7 Å². The molecule has 2 aromatic rings. The number of carbonyl (C=O) groups excluding carboxylic acids is 1. The maximum atomic E-state index is 13.0. The lowest BCUT2D eigenvalue weighted by Crippen LogP contribution is -2.51. The molecule has 1 amide bonds. The molecule has 1 aliphatic heterocycles. The molecule has 0 saturated carbocycles. The normalized spacial score (nSPS) is 17.4. The van der Waals surface area contributed by atoms with Crippen molar-refractivity contribution in [3.8, 4) is 5.75 Å². The second kappa shape index (κ2) is 8.65. The molecule has 1 heterocycles. The van der Waals surface area contributed by atoms with E-state index in [9.17, 15) is 18.0 Å². The molecule has 0 N–H and O–H groups in total. The second-order valence-corrected chi connectivity index (χ2v) is 6.66. The molecular formula is C21H22F3NO3. The summed E-state index contributed by atoms with van der Waals surface area (Å²) < 4.78 is 48.9. The van der Waals surface area contributed by atoms with Gasteiger partial charge in [-0.25, -0.2) is 0 Å². The highest BCUT2D eigenvalue weighted by Crippen LogP contribution is 2.27. The number of morpholine rings is 1. The van der Waals surface area contributed by atoms with Crippen molar-refractivity contribution >= 4 is 5.91 Å². The van der Waals surface area contributed by atoms with Crippen LogP contribution in [-0.2, 0) is 17.6 Å². The third kappa shape index (κ3) is 4.84. The van der Waals surface area contributed by atoms with Gasteiger partial charge in [-0.2, -0.15) is 13.2 Å². The summed E-state index contributed by atoms with van der Waals surface area (Å²) in [6.07, 6.45) is -5.13. The van der Waals surface area contributed by atoms with Gasteiger partial charge in [0.25, 0.3) is 5.91 Å². The summed E-state index contributed by atoms with van der Waals surface area (Å²) in [5.74, 6) is 0.368. The molecule has 150 valence electrons. The molecule has 1 atom stereocenters. The van der Waals surface area contributed by atoms with E-state index in [1.165, 1.54) is 4.90 Å². The van der Waals surface area contributed by atoms with Gasteiger partial charge in [-0.1, -0.05) is 30.3 Å². The number of ether oxygens (including phenoxy) is 2. The molecule has 0 unspecified atom stereocenters. The zero-order valence-electron chi connectivity index (χ0n) is 15.5. The number of benzene rings is 2. The average Bonchev–Trinajstić information content (AvgIpc) is 2.71. The Labute approximate surface area is 161 Å². The molecule has 1 fully saturated rings. The first kappa shape index (κ1) is 20.2. The molecule has 3 rings (SSSR count). The standard InChI is InChI=1S/C21H22F3NO3/c1-27-17-7-4-5-15(13-17)9-10-16-6-2-3-8-18(16)20(26)25-11-12-28-19(14-25)21(22,23)24/h2-8,13,19H,9-12,14H2,1H3/t19-/m1/s1. The van der Waals surface area contributed by atoms with Crippen molar-refractivity contribution in [3.63, 3.8) is 0 Å². The van der Waals surface area contributed by atoms with Crippen LogP contribution in [-0.4, -0.2) is 49.9 Å². The van der Waals surface area contributed by atoms with Crippen molar-refractivity contribution < 1.29 is 27.4 Å². The van der Waals surface area contributed by atoms with Gasteiger partial charge in [0.15, 0.2) is 6.10 Å². The molecule has 0 aliphatic carbocycles. The lowest BCUT2D eigenvalue weighted by Gasteiger charge is -2.34. The number of amides is 1. The summed E-state index contributed by atoms with van der Waals surface area (Å²) in [4.78, 5) is 14.1. The Morgan fingerprint density at radius 3 is 2.71 bits per heavy atom. The molecular weight excluding hydrogens is 371 g/mol. The van der Waals surface area contributed by atoms with Gasteiger partial charge in [0, 0.05) is 12.1 Å². The smallest absolute Gasteiger partial charge is 0.416 e. The van der Waals surface area contributed by atoms with Gasteiger partial charge in [-0.15, -0.1) is 0 Å². The Balaban J connectivity index is 1.73. The lowest BCUT2D eigenvalue weighted by atomic mass is 9.98. The number of hydrogen-bond acceptors (Lipinski definition) is 3. The van der Waals surface area contributed by atoms with Gasteiger partial charge >= 0.3 is 6.18 Å². The average molecular weight is 393 g/mol. The van der Waals surface area contributed by atoms with Crippen LogP contribution in [0, 0.1) is 0 Å². The molecule has 1 saturated heterocycles. The fourth-order valence-corrected chi connectivity index (χ4v) is 3.26. The van der Waals surface area contributed by atoms with E-state index in [0.717, 1.165) is 16.9 Å². The van der Waals surface area contributed by atoms with Crippen LogP contribution in [0.4, 0.5) is 13.2 Å². The number of methoxy groups -OCH3 is 1. The van der Waals surface area contributed by atoms with Crippen LogP contribution in [0.15, 0.2) is 48.5 Å². The number of nitrogens with zero attached hydrogens (tertiary/aromatic N) is 1. The Bertz CT molecular complexity index is 823. The highest BCUT2D eigenvalue weighted by Gasteiger charge is 2.44. The third-order valence-corrected chi connectivity index (χ3v) is 4.78. The zero-order chi connectivity index (χ0) is 20.1. The van der Waals surface area contributed by atoms with Crippen molar-refractivity contribution in [1.29, 1.82) is 0 Å². The summed E-state index contributed by atoms with van der Waals surface area (Å²) in [6.45, 7) is -0.454. The summed E-state index contributed by atoms with van der Waals surface area (Å²) in [5, 5.41) is 0. The van der Waals surface area contributed by atoms with Crippen molar-refractivity contribution in [2.75, 3.05) is 26.8 Å². The predicted octanol–water partition coefficient (Wildman–Crippen LogP) is 3.88. The monoisotopic (exact) mass is 393 g/mol. The number of carbonyl (C=O) groups is 1. The maximum Gasteiger partial charge on any atom is 0.416 e. The maximum absolute atomic E-state index is 13.0. The molecule has 1 aliphatic rings. The Morgan fingerprint density at radius 2 is 1.96 bits per heavy atom. The largest absolute Gasteiger partial charge is 0.497 e. The van der Waals surface area contributed by atoms with Crippen molar-refractivity contribution in [2.24, 2.45) is 0 Å². The lowest BCUT2D eigenvalue weighted by molar-refractivity contribution is -0.233. The Hall–Kier alpha value is -2.54. The molecule has 0 aromatic heterocycles. The van der Waals surface area contributed by atoms with Crippen LogP contribution in [0.2, 0.25) is 0 Å². The van der Waals surface area contributed by atoms with Crippen molar-refractivity contribution in [3.05, 3.63) is 65.2 Å². The summed E-state index contributed by atoms with van der Waals surface area (Å²) in [7, 11) is 1.60. The van der Waals surface area contributed by atoms with Crippen LogP contribution in [0.3, 0.4) is 0 Å². The number of halogens is 3. The molecule has 28 heavy (non-hydrogen) atoms. The van der Waals surface area contributed by atoms with Crippen LogP contribution < -0.4 is 4.74 Å². The number of aryl methyl sites for hydroxylation is 2. The van der Waals surface area contributed by atoms with Gasteiger partial charge in [0.2, 0.25) is 0 Å². The van der Waals surface area contributed by atoms with Gasteiger partial charge < -0.3 is 14.4 Å². The third-order valence-electron chi connectivity index (χ3n) is 4.78. The highest BCUT2D eigenvalue weighted by atomic mass is 19.4. The molecule has 7 heteroatoms. The van der Waals surface area contributed by atoms with Crippen LogP contribution in [0.5, 0.6) is 5.75 Å². The van der Waals surface area contributed by atoms with Crippen LogP contribution in [0.1, 0.15) is 21.5 Å². The van der Waals surface area contributed by atoms with Gasteiger partial charge in [0.05, 0.1) is 20.3 Å². The van der Waals surface area contributed by atoms with E-state index in [1.807, 2.05) is 36.4 Å². The first-order chi connectivity index (χ1) is 13.4. The predicted molar refractivity (Wildman–Crippen MR) is 98.5 cm³/mol. The first-order valence-electron chi connectivity index (χ1n) is 9.07. The van der Waals surface area contributed by atoms with Crippen LogP contribution >= 0.6 is 0 Å². The second-order valence-electron chi connectivity index (χ2n) is 6.66. The Morgan fingerprint density at radius 1 is 1.18 bits per heavy atom. The zero-order valence-corrected chi connectivity index (χ0v) is 15.5. The number of rotatable bonds is 5. The van der Waals surface area contributed by atoms with Gasteiger partial charge in [0.1, 0.15) is 5.75 Å². The number of alkyl halides is 3. The first-order valence-corrected chi connectivity index (χ1v) is 9.07. The minimum absolute atomic E-state index is 0.123. The summed E-state index contributed by atoms with van der Waals surface area (Å²) in [6, 6.07) is 14.7. The molecule has 0 bridgehead atoms. The quantitative estimate of drug-likeness (QED) is 0.774. The SMILES string of the molecule is COc1cccc(CCc2ccccc2C(=O)N2CCO[C@@H](C(F)(F)F)C2)c1. The van der Waals surface area contributed by atoms with E-state index in [4.69, 9.17) is 9.47 Å². The van der Waals surface area contributed by atoms with E-state index in [1.54, 1.807) is 19.2 Å². The van der Waals surface area contributed by atoms with E-state index in [2.05, 4.69) is 0 Å². The summed E-state index contributed by atoms with van der Waals surface area (Å²) in [5.41, 5.74) is 2.31. The molecule has 0 spiro atoms. The van der Waals surface area contributed by atoms with E-state index >= 15 is 0 Å². The molecule has 2 aromatic carbocycles. The van der Waals surface area contributed by atoms with Gasteiger partial charge in [-0.3, -0.25) is 4.79 Å².